The van der Waals surface area contributed by atoms with Gasteiger partial charge in [0.1, 0.15) is 5.60 Å². The highest BCUT2D eigenvalue weighted by Crippen LogP contribution is 2.25. The maximum Gasteiger partial charge on any atom is 0.306 e. The third kappa shape index (κ3) is 7.28. The molecule has 0 saturated heterocycles. The summed E-state index contributed by atoms with van der Waals surface area (Å²) in [4.78, 5) is 23.6. The van der Waals surface area contributed by atoms with Crippen LogP contribution in [-0.2, 0) is 19.1 Å². The van der Waals surface area contributed by atoms with Gasteiger partial charge in [-0.25, -0.2) is 0 Å². The number of hydrogen-bond acceptors (Lipinski definition) is 4. The van der Waals surface area contributed by atoms with Crippen molar-refractivity contribution in [2.24, 2.45) is 17.8 Å². The molecule has 0 aliphatic carbocycles. The van der Waals surface area contributed by atoms with E-state index in [-0.39, 0.29) is 30.7 Å². The van der Waals surface area contributed by atoms with Crippen LogP contribution in [0.5, 0.6) is 0 Å². The minimum atomic E-state index is -0.466. The highest BCUT2D eigenvalue weighted by molar-refractivity contribution is 5.77. The Hall–Kier alpha value is -1.06. The minimum Gasteiger partial charge on any atom is -0.465 e. The van der Waals surface area contributed by atoms with Gasteiger partial charge in [0.2, 0.25) is 0 Å². The smallest absolute Gasteiger partial charge is 0.306 e. The summed E-state index contributed by atoms with van der Waals surface area (Å²) in [5, 5.41) is 0. The third-order valence-corrected chi connectivity index (χ3v) is 4.73. The number of hydrogen-bond donors (Lipinski definition) is 0. The summed E-state index contributed by atoms with van der Waals surface area (Å²) in [7, 11) is 0. The van der Waals surface area contributed by atoms with E-state index in [1.165, 1.54) is 0 Å². The Labute approximate surface area is 135 Å². The molecule has 0 N–H and O–H groups in total. The Balaban J connectivity index is 4.17. The van der Waals surface area contributed by atoms with Gasteiger partial charge in [-0.3, -0.25) is 9.59 Å². The lowest BCUT2D eigenvalue weighted by molar-refractivity contribution is -0.165. The van der Waals surface area contributed by atoms with E-state index in [9.17, 15) is 9.59 Å². The minimum absolute atomic E-state index is 0.0829. The fourth-order valence-corrected chi connectivity index (χ4v) is 2.17. The second kappa shape index (κ2) is 9.86. The zero-order chi connectivity index (χ0) is 17.3. The van der Waals surface area contributed by atoms with Crippen LogP contribution in [-0.4, -0.2) is 24.1 Å². The highest BCUT2D eigenvalue weighted by atomic mass is 16.6. The number of carbonyl (C=O) groups excluding carboxylic acids is 2. The van der Waals surface area contributed by atoms with Gasteiger partial charge in [-0.05, 0) is 37.5 Å². The van der Waals surface area contributed by atoms with Crippen molar-refractivity contribution < 1.29 is 19.1 Å². The van der Waals surface area contributed by atoms with Crippen molar-refractivity contribution in [1.82, 2.24) is 0 Å². The quantitative estimate of drug-likeness (QED) is 0.562. The lowest BCUT2D eigenvalue weighted by atomic mass is 9.89. The summed E-state index contributed by atoms with van der Waals surface area (Å²) in [6.45, 7) is 14.8. The molecule has 0 heterocycles. The molecule has 0 aromatic carbocycles. The molecule has 0 radical (unpaired) electrons. The maximum absolute atomic E-state index is 11.9. The number of rotatable bonds is 10. The molecule has 22 heavy (non-hydrogen) atoms. The van der Waals surface area contributed by atoms with Crippen LogP contribution < -0.4 is 0 Å². The first-order chi connectivity index (χ1) is 10.2. The van der Waals surface area contributed by atoms with Gasteiger partial charge >= 0.3 is 11.9 Å². The van der Waals surface area contributed by atoms with Crippen molar-refractivity contribution in [3.05, 3.63) is 0 Å². The van der Waals surface area contributed by atoms with Gasteiger partial charge in [0.15, 0.2) is 0 Å². The molecule has 130 valence electrons. The van der Waals surface area contributed by atoms with Crippen LogP contribution in [0, 0.1) is 17.8 Å². The normalized spacial score (nSPS) is 15.5. The molecule has 0 fully saturated rings. The van der Waals surface area contributed by atoms with Gasteiger partial charge in [-0.15, -0.1) is 0 Å². The largest absolute Gasteiger partial charge is 0.465 e. The van der Waals surface area contributed by atoms with E-state index in [4.69, 9.17) is 9.47 Å². The Morgan fingerprint density at radius 1 is 1.00 bits per heavy atom. The van der Waals surface area contributed by atoms with Crippen LogP contribution in [0.1, 0.15) is 74.1 Å². The van der Waals surface area contributed by atoms with E-state index in [1.807, 2.05) is 27.7 Å². The van der Waals surface area contributed by atoms with Gasteiger partial charge in [0, 0.05) is 0 Å². The second-order valence-corrected chi connectivity index (χ2v) is 6.89. The van der Waals surface area contributed by atoms with E-state index in [1.54, 1.807) is 0 Å². The number of esters is 2. The van der Waals surface area contributed by atoms with Crippen molar-refractivity contribution in [2.45, 2.75) is 79.8 Å². The standard InChI is InChI=1S/C18H34O4/c1-8-15(13(3)4)12-21-16(19)10-11-17(20)22-18(7,9-2)14(5)6/h13-15H,8-12H2,1-7H3. The molecule has 2 unspecified atom stereocenters. The first-order valence-electron chi connectivity index (χ1n) is 8.53. The van der Waals surface area contributed by atoms with Crippen LogP contribution in [0.2, 0.25) is 0 Å². The third-order valence-electron chi connectivity index (χ3n) is 4.73. The Morgan fingerprint density at radius 3 is 1.95 bits per heavy atom. The van der Waals surface area contributed by atoms with E-state index in [2.05, 4.69) is 20.8 Å². The Kier molecular flexibility index (Phi) is 9.38. The fourth-order valence-electron chi connectivity index (χ4n) is 2.17. The maximum atomic E-state index is 11.9. The number of carbonyl (C=O) groups is 2. The summed E-state index contributed by atoms with van der Waals surface area (Å²) >= 11 is 0. The van der Waals surface area contributed by atoms with Gasteiger partial charge in [0.25, 0.3) is 0 Å². The monoisotopic (exact) mass is 314 g/mol. The zero-order valence-corrected chi connectivity index (χ0v) is 15.4. The molecule has 0 spiro atoms. The van der Waals surface area contributed by atoms with Crippen LogP contribution >= 0.6 is 0 Å². The van der Waals surface area contributed by atoms with Gasteiger partial charge in [-0.1, -0.05) is 41.5 Å². The SMILES string of the molecule is CCC(COC(=O)CCC(=O)OC(C)(CC)C(C)C)C(C)C. The van der Waals surface area contributed by atoms with Crippen molar-refractivity contribution >= 4 is 11.9 Å². The summed E-state index contributed by atoms with van der Waals surface area (Å²) < 4.78 is 10.8. The molecule has 4 nitrogen and oxygen atoms in total. The summed E-state index contributed by atoms with van der Waals surface area (Å²) in [5.74, 6) is 0.453. The molecule has 0 aliphatic heterocycles. The summed E-state index contributed by atoms with van der Waals surface area (Å²) in [6.07, 6.45) is 1.91. The Bertz CT molecular complexity index is 349. The summed E-state index contributed by atoms with van der Waals surface area (Å²) in [5.41, 5.74) is -0.466. The van der Waals surface area contributed by atoms with Gasteiger partial charge in [-0.2, -0.15) is 0 Å². The first-order valence-corrected chi connectivity index (χ1v) is 8.53. The van der Waals surface area contributed by atoms with E-state index < -0.39 is 5.60 Å². The van der Waals surface area contributed by atoms with Gasteiger partial charge < -0.3 is 9.47 Å². The topological polar surface area (TPSA) is 52.6 Å². The van der Waals surface area contributed by atoms with Gasteiger partial charge in [0.05, 0.1) is 19.4 Å². The molecule has 0 rings (SSSR count). The van der Waals surface area contributed by atoms with E-state index in [0.717, 1.165) is 12.8 Å². The molecule has 0 amide bonds. The first kappa shape index (κ1) is 20.9. The molecule has 0 bridgehead atoms. The molecule has 0 aliphatic rings. The lowest BCUT2D eigenvalue weighted by Gasteiger charge is -2.32. The molecular formula is C18H34O4. The molecular weight excluding hydrogens is 280 g/mol. The predicted molar refractivity (Wildman–Crippen MR) is 88.4 cm³/mol. The fraction of sp³-hybridized carbons (Fsp3) is 0.889. The molecule has 0 aromatic heterocycles. The summed E-state index contributed by atoms with van der Waals surface area (Å²) in [6, 6.07) is 0. The Morgan fingerprint density at radius 2 is 1.55 bits per heavy atom. The zero-order valence-electron chi connectivity index (χ0n) is 15.4. The van der Waals surface area contributed by atoms with Crippen LogP contribution in [0.15, 0.2) is 0 Å². The molecule has 0 aromatic rings. The molecule has 0 saturated carbocycles. The van der Waals surface area contributed by atoms with Crippen molar-refractivity contribution in [1.29, 1.82) is 0 Å². The van der Waals surface area contributed by atoms with Crippen LogP contribution in [0.4, 0.5) is 0 Å². The molecule has 4 heteroatoms. The van der Waals surface area contributed by atoms with E-state index in [0.29, 0.717) is 18.4 Å². The predicted octanol–water partition coefficient (Wildman–Crippen LogP) is 4.36. The molecule has 2 atom stereocenters. The average Bonchev–Trinajstić information content (AvgIpc) is 2.45. The second-order valence-electron chi connectivity index (χ2n) is 6.89. The van der Waals surface area contributed by atoms with Crippen molar-refractivity contribution in [3.8, 4) is 0 Å². The average molecular weight is 314 g/mol. The highest BCUT2D eigenvalue weighted by Gasteiger charge is 2.30. The van der Waals surface area contributed by atoms with Crippen LogP contribution in [0.25, 0.3) is 0 Å². The lowest BCUT2D eigenvalue weighted by Crippen LogP contribution is -2.36. The van der Waals surface area contributed by atoms with Crippen molar-refractivity contribution in [2.75, 3.05) is 6.61 Å². The van der Waals surface area contributed by atoms with Crippen molar-refractivity contribution in [3.63, 3.8) is 0 Å². The van der Waals surface area contributed by atoms with Crippen LogP contribution in [0.3, 0.4) is 0 Å². The van der Waals surface area contributed by atoms with E-state index >= 15 is 0 Å². The number of ether oxygens (including phenoxy) is 2.